The standard InChI is InChI=1S/C26H34N4O5/c1-5-28(6-2)22-13-11-21(12-14-22)27-23(31)26(16-15-19-9-7-8-10-20(19)17-26)29(24(32)33)18-25(3,4)30(34)35/h7-14H,5-6,15-18H2,1-4H3,(H,27,31)(H,32,33)/t26-/m1/s1. The molecule has 188 valence electrons. The lowest BCUT2D eigenvalue weighted by Crippen LogP contribution is -2.64. The molecule has 0 aliphatic heterocycles. The average Bonchev–Trinajstić information content (AvgIpc) is 2.83. The summed E-state index contributed by atoms with van der Waals surface area (Å²) in [5, 5.41) is 24.7. The van der Waals surface area contributed by atoms with E-state index in [0.29, 0.717) is 12.1 Å². The minimum Gasteiger partial charge on any atom is -0.465 e. The van der Waals surface area contributed by atoms with E-state index in [1.54, 1.807) is 12.1 Å². The number of benzene rings is 2. The van der Waals surface area contributed by atoms with Gasteiger partial charge in [0, 0.05) is 49.7 Å². The summed E-state index contributed by atoms with van der Waals surface area (Å²) in [6.45, 7) is 8.17. The Hall–Kier alpha value is -3.62. The number of nitrogens with zero attached hydrogens (tertiary/aromatic N) is 3. The van der Waals surface area contributed by atoms with Crippen LogP contribution in [0.5, 0.6) is 0 Å². The molecule has 1 aliphatic carbocycles. The number of hydrogen-bond donors (Lipinski definition) is 2. The Morgan fingerprint density at radius 1 is 1.09 bits per heavy atom. The van der Waals surface area contributed by atoms with Crippen LogP contribution in [0.1, 0.15) is 45.2 Å². The van der Waals surface area contributed by atoms with Gasteiger partial charge in [0.25, 0.3) is 5.91 Å². The molecule has 0 spiro atoms. The highest BCUT2D eigenvalue weighted by Gasteiger charge is 2.52. The quantitative estimate of drug-likeness (QED) is 0.403. The van der Waals surface area contributed by atoms with Gasteiger partial charge in [0.15, 0.2) is 0 Å². The first-order valence-electron chi connectivity index (χ1n) is 11.9. The van der Waals surface area contributed by atoms with Crippen molar-refractivity contribution in [2.24, 2.45) is 0 Å². The van der Waals surface area contributed by atoms with Crippen LogP contribution in [0.2, 0.25) is 0 Å². The van der Waals surface area contributed by atoms with Gasteiger partial charge in [0.05, 0.1) is 6.54 Å². The van der Waals surface area contributed by atoms with E-state index in [2.05, 4.69) is 24.1 Å². The van der Waals surface area contributed by atoms with Crippen molar-refractivity contribution in [2.75, 3.05) is 29.9 Å². The third-order valence-corrected chi connectivity index (χ3v) is 6.87. The molecule has 1 atom stereocenters. The van der Waals surface area contributed by atoms with Crippen molar-refractivity contribution in [3.63, 3.8) is 0 Å². The van der Waals surface area contributed by atoms with Crippen molar-refractivity contribution in [3.8, 4) is 0 Å². The van der Waals surface area contributed by atoms with Crippen LogP contribution in [0, 0.1) is 10.1 Å². The smallest absolute Gasteiger partial charge is 0.408 e. The normalized spacial score (nSPS) is 17.3. The molecule has 2 amide bonds. The molecule has 2 aromatic rings. The van der Waals surface area contributed by atoms with Crippen molar-refractivity contribution < 1.29 is 19.6 Å². The number of carbonyl (C=O) groups excluding carboxylic acids is 1. The fourth-order valence-corrected chi connectivity index (χ4v) is 4.70. The SMILES string of the molecule is CCN(CC)c1ccc(NC(=O)[C@@]2(N(CC(C)(C)[N+](=O)[O-])C(=O)O)CCc3ccccc3C2)cc1. The average molecular weight is 483 g/mol. The maximum atomic E-state index is 13.8. The number of nitrogens with one attached hydrogen (secondary N) is 1. The predicted octanol–water partition coefficient (Wildman–Crippen LogP) is 4.43. The molecule has 0 fully saturated rings. The minimum atomic E-state index is -1.56. The first-order valence-corrected chi connectivity index (χ1v) is 11.9. The van der Waals surface area contributed by atoms with Gasteiger partial charge < -0.3 is 15.3 Å². The molecule has 9 nitrogen and oxygen atoms in total. The van der Waals surface area contributed by atoms with Gasteiger partial charge in [-0.1, -0.05) is 24.3 Å². The fraction of sp³-hybridized carbons (Fsp3) is 0.462. The predicted molar refractivity (Wildman–Crippen MR) is 136 cm³/mol. The van der Waals surface area contributed by atoms with Gasteiger partial charge in [0.1, 0.15) is 5.54 Å². The summed E-state index contributed by atoms with van der Waals surface area (Å²) in [6, 6.07) is 15.0. The summed E-state index contributed by atoms with van der Waals surface area (Å²) in [5.41, 5.74) is 0.450. The second-order valence-electron chi connectivity index (χ2n) is 9.59. The van der Waals surface area contributed by atoms with Gasteiger partial charge in [-0.15, -0.1) is 0 Å². The monoisotopic (exact) mass is 482 g/mol. The minimum absolute atomic E-state index is 0.145. The fourth-order valence-electron chi connectivity index (χ4n) is 4.70. The van der Waals surface area contributed by atoms with Gasteiger partial charge >= 0.3 is 6.09 Å². The highest BCUT2D eigenvalue weighted by atomic mass is 16.6. The number of fused-ring (bicyclic) bond motifs is 1. The van der Waals surface area contributed by atoms with Gasteiger partial charge in [-0.25, -0.2) is 4.79 Å². The summed E-state index contributed by atoms with van der Waals surface area (Å²) in [5.74, 6) is -0.482. The number of aryl methyl sites for hydroxylation is 1. The first-order chi connectivity index (χ1) is 16.5. The zero-order valence-corrected chi connectivity index (χ0v) is 20.8. The molecule has 1 aliphatic rings. The summed E-state index contributed by atoms with van der Waals surface area (Å²) in [4.78, 5) is 40.6. The van der Waals surface area contributed by atoms with Crippen LogP contribution in [-0.4, -0.2) is 57.6 Å². The topological polar surface area (TPSA) is 116 Å². The lowest BCUT2D eigenvalue weighted by atomic mass is 9.75. The molecule has 2 aromatic carbocycles. The number of hydrogen-bond acceptors (Lipinski definition) is 5. The van der Waals surface area contributed by atoms with Gasteiger partial charge in [-0.05, 0) is 62.1 Å². The van der Waals surface area contributed by atoms with Crippen LogP contribution in [-0.2, 0) is 17.6 Å². The van der Waals surface area contributed by atoms with Crippen molar-refractivity contribution >= 4 is 23.4 Å². The van der Waals surface area contributed by atoms with E-state index in [9.17, 15) is 24.8 Å². The lowest BCUT2D eigenvalue weighted by molar-refractivity contribution is -0.560. The molecule has 0 saturated heterocycles. The summed E-state index contributed by atoms with van der Waals surface area (Å²) < 4.78 is 0. The third-order valence-electron chi connectivity index (χ3n) is 6.87. The van der Waals surface area contributed by atoms with Gasteiger partial charge in [0.2, 0.25) is 5.54 Å². The second-order valence-corrected chi connectivity index (χ2v) is 9.59. The highest BCUT2D eigenvalue weighted by molar-refractivity contribution is 6.00. The van der Waals surface area contributed by atoms with Crippen molar-refractivity contribution in [1.82, 2.24) is 4.90 Å². The molecule has 0 bridgehead atoms. The maximum Gasteiger partial charge on any atom is 0.408 e. The lowest BCUT2D eigenvalue weighted by Gasteiger charge is -2.45. The van der Waals surface area contributed by atoms with Crippen molar-refractivity contribution in [3.05, 3.63) is 69.8 Å². The van der Waals surface area contributed by atoms with Crippen LogP contribution < -0.4 is 10.2 Å². The zero-order chi connectivity index (χ0) is 25.8. The Morgan fingerprint density at radius 2 is 1.69 bits per heavy atom. The Balaban J connectivity index is 1.99. The number of carboxylic acid groups (broad SMARTS) is 1. The molecule has 9 heteroatoms. The Labute approximate surface area is 205 Å². The first kappa shape index (κ1) is 26.0. The van der Waals surface area contributed by atoms with Crippen molar-refractivity contribution in [1.29, 1.82) is 0 Å². The van der Waals surface area contributed by atoms with E-state index in [0.717, 1.165) is 34.8 Å². The largest absolute Gasteiger partial charge is 0.465 e. The number of nitro groups is 1. The molecule has 0 saturated carbocycles. The Kier molecular flexibility index (Phi) is 7.67. The van der Waals surface area contributed by atoms with Crippen LogP contribution in [0.3, 0.4) is 0 Å². The van der Waals surface area contributed by atoms with Gasteiger partial charge in [-0.2, -0.15) is 0 Å². The zero-order valence-electron chi connectivity index (χ0n) is 20.8. The van der Waals surface area contributed by atoms with Crippen molar-refractivity contribution in [2.45, 2.75) is 58.0 Å². The molecule has 2 N–H and O–H groups in total. The molecule has 0 unspecified atom stereocenters. The molecule has 0 radical (unpaired) electrons. The molecule has 3 rings (SSSR count). The van der Waals surface area contributed by atoms with E-state index >= 15 is 0 Å². The van der Waals surface area contributed by atoms with E-state index in [-0.39, 0.29) is 12.8 Å². The summed E-state index contributed by atoms with van der Waals surface area (Å²) >= 11 is 0. The number of amides is 2. The van der Waals surface area contributed by atoms with Crippen LogP contribution >= 0.6 is 0 Å². The van der Waals surface area contributed by atoms with Gasteiger partial charge in [-0.3, -0.25) is 19.8 Å². The molecule has 35 heavy (non-hydrogen) atoms. The van der Waals surface area contributed by atoms with E-state index in [1.807, 2.05) is 36.4 Å². The number of carbonyl (C=O) groups is 2. The van der Waals surface area contributed by atoms with E-state index in [4.69, 9.17) is 0 Å². The Morgan fingerprint density at radius 3 is 2.23 bits per heavy atom. The maximum absolute atomic E-state index is 13.8. The van der Waals surface area contributed by atoms with Crippen LogP contribution in [0.15, 0.2) is 48.5 Å². The molecular formula is C26H34N4O5. The third kappa shape index (κ3) is 5.39. The number of rotatable bonds is 9. The second kappa shape index (κ2) is 10.3. The molecular weight excluding hydrogens is 448 g/mol. The Bertz CT molecular complexity index is 1080. The van der Waals surface area contributed by atoms with Crippen LogP contribution in [0.25, 0.3) is 0 Å². The summed E-state index contributed by atoms with van der Waals surface area (Å²) in [6.07, 6.45) is -0.487. The molecule has 0 heterocycles. The summed E-state index contributed by atoms with van der Waals surface area (Å²) in [7, 11) is 0. The molecule has 0 aromatic heterocycles. The van der Waals surface area contributed by atoms with E-state index < -0.39 is 34.5 Å². The highest BCUT2D eigenvalue weighted by Crippen LogP contribution is 2.36. The number of anilines is 2. The van der Waals surface area contributed by atoms with E-state index in [1.165, 1.54) is 13.8 Å². The van der Waals surface area contributed by atoms with Crippen LogP contribution in [0.4, 0.5) is 16.2 Å².